The summed E-state index contributed by atoms with van der Waals surface area (Å²) in [7, 11) is 2.99. The van der Waals surface area contributed by atoms with Gasteiger partial charge in [0.05, 0.1) is 32.0 Å². The summed E-state index contributed by atoms with van der Waals surface area (Å²) in [5, 5.41) is 21.1. The molecule has 1 heterocycles. The lowest BCUT2D eigenvalue weighted by Crippen LogP contribution is -2.09. The van der Waals surface area contributed by atoms with E-state index in [2.05, 4.69) is 0 Å². The molecule has 3 rings (SSSR count). The Bertz CT molecular complexity index is 700. The Labute approximate surface area is 140 Å². The molecule has 6 nitrogen and oxygen atoms in total. The first-order valence-electron chi connectivity index (χ1n) is 7.61. The second-order valence-electron chi connectivity index (χ2n) is 5.44. The molecule has 0 bridgehead atoms. The molecule has 0 radical (unpaired) electrons. The van der Waals surface area contributed by atoms with Crippen molar-refractivity contribution < 1.29 is 29.2 Å². The summed E-state index contributed by atoms with van der Waals surface area (Å²) in [5.41, 5.74) is 1.16. The van der Waals surface area contributed by atoms with Crippen molar-refractivity contribution in [2.75, 3.05) is 21.0 Å². The van der Waals surface area contributed by atoms with Crippen LogP contribution < -0.4 is 18.9 Å². The van der Waals surface area contributed by atoms with Crippen LogP contribution in [0.25, 0.3) is 0 Å². The molecule has 0 amide bonds. The first-order valence-corrected chi connectivity index (χ1v) is 7.61. The lowest BCUT2D eigenvalue weighted by Gasteiger charge is -2.21. The molecule has 0 aliphatic carbocycles. The number of methoxy groups -OCH3 is 2. The highest BCUT2D eigenvalue weighted by atomic mass is 16.7. The SMILES string of the molecule is COc1cc2c(c(OC)c1C(O)CC(O)c1ccccc1)OCO2. The highest BCUT2D eigenvalue weighted by Crippen LogP contribution is 2.50. The van der Waals surface area contributed by atoms with Gasteiger partial charge in [0.2, 0.25) is 12.5 Å². The van der Waals surface area contributed by atoms with Gasteiger partial charge in [-0.15, -0.1) is 0 Å². The third kappa shape index (κ3) is 2.98. The van der Waals surface area contributed by atoms with Gasteiger partial charge in [-0.05, 0) is 5.56 Å². The van der Waals surface area contributed by atoms with Gasteiger partial charge in [0.1, 0.15) is 5.75 Å². The number of ether oxygens (including phenoxy) is 4. The minimum absolute atomic E-state index is 0.0844. The molecular formula is C18H20O6. The Morgan fingerprint density at radius 3 is 2.46 bits per heavy atom. The predicted molar refractivity (Wildman–Crippen MR) is 86.6 cm³/mol. The van der Waals surface area contributed by atoms with Crippen LogP contribution >= 0.6 is 0 Å². The van der Waals surface area contributed by atoms with Crippen LogP contribution in [0.2, 0.25) is 0 Å². The van der Waals surface area contributed by atoms with Gasteiger partial charge in [0.15, 0.2) is 11.5 Å². The standard InChI is InChI=1S/C18H20O6/c1-21-14-9-15-17(24-10-23-15)18(22-2)16(14)13(20)8-12(19)11-6-4-3-5-7-11/h3-7,9,12-13,19-20H,8,10H2,1-2H3. The van der Waals surface area contributed by atoms with Crippen molar-refractivity contribution >= 4 is 0 Å². The van der Waals surface area contributed by atoms with E-state index >= 15 is 0 Å². The number of hydrogen-bond donors (Lipinski definition) is 2. The third-order valence-corrected chi connectivity index (χ3v) is 4.01. The minimum atomic E-state index is -1.00. The van der Waals surface area contributed by atoms with Gasteiger partial charge in [0.25, 0.3) is 0 Å². The van der Waals surface area contributed by atoms with E-state index in [0.717, 1.165) is 5.56 Å². The Kier molecular flexibility index (Phi) is 4.78. The van der Waals surface area contributed by atoms with E-state index in [1.165, 1.54) is 14.2 Å². The topological polar surface area (TPSA) is 77.4 Å². The van der Waals surface area contributed by atoms with Crippen LogP contribution in [0.1, 0.15) is 29.8 Å². The van der Waals surface area contributed by atoms with Crippen LogP contribution in [0.4, 0.5) is 0 Å². The maximum absolute atomic E-state index is 10.7. The average Bonchev–Trinajstić information content (AvgIpc) is 3.08. The second-order valence-corrected chi connectivity index (χ2v) is 5.44. The van der Waals surface area contributed by atoms with Crippen molar-refractivity contribution in [3.05, 3.63) is 47.5 Å². The molecule has 2 N–H and O–H groups in total. The molecule has 0 fully saturated rings. The molecule has 128 valence electrons. The molecule has 2 unspecified atom stereocenters. The number of fused-ring (bicyclic) bond motifs is 1. The van der Waals surface area contributed by atoms with Gasteiger partial charge in [-0.25, -0.2) is 0 Å². The maximum atomic E-state index is 10.7. The quantitative estimate of drug-likeness (QED) is 0.847. The van der Waals surface area contributed by atoms with Gasteiger partial charge in [-0.3, -0.25) is 0 Å². The fraction of sp³-hybridized carbons (Fsp3) is 0.333. The molecule has 0 aromatic heterocycles. The predicted octanol–water partition coefficient (Wildman–Crippen LogP) is 2.59. The number of rotatable bonds is 6. The van der Waals surface area contributed by atoms with Crippen molar-refractivity contribution in [3.8, 4) is 23.0 Å². The van der Waals surface area contributed by atoms with Crippen LogP contribution in [0.5, 0.6) is 23.0 Å². The number of aliphatic hydroxyl groups is 2. The van der Waals surface area contributed by atoms with Crippen molar-refractivity contribution in [1.82, 2.24) is 0 Å². The molecule has 0 saturated heterocycles. The molecule has 1 aliphatic heterocycles. The maximum Gasteiger partial charge on any atom is 0.231 e. The normalized spacial score (nSPS) is 15.0. The van der Waals surface area contributed by atoms with E-state index in [-0.39, 0.29) is 13.2 Å². The van der Waals surface area contributed by atoms with Crippen molar-refractivity contribution in [2.45, 2.75) is 18.6 Å². The van der Waals surface area contributed by atoms with E-state index in [9.17, 15) is 10.2 Å². The molecule has 2 aromatic carbocycles. The van der Waals surface area contributed by atoms with E-state index < -0.39 is 12.2 Å². The summed E-state index contributed by atoms with van der Waals surface area (Å²) in [4.78, 5) is 0. The first-order chi connectivity index (χ1) is 11.7. The Morgan fingerprint density at radius 1 is 1.04 bits per heavy atom. The molecule has 2 atom stereocenters. The Balaban J connectivity index is 1.93. The minimum Gasteiger partial charge on any atom is -0.496 e. The van der Waals surface area contributed by atoms with E-state index in [1.807, 2.05) is 30.3 Å². The summed E-state index contributed by atoms with van der Waals surface area (Å²) in [5.74, 6) is 1.71. The molecule has 0 saturated carbocycles. The number of aliphatic hydroxyl groups excluding tert-OH is 2. The van der Waals surface area contributed by atoms with Gasteiger partial charge in [0, 0.05) is 12.5 Å². The van der Waals surface area contributed by atoms with E-state index in [0.29, 0.717) is 28.6 Å². The number of benzene rings is 2. The Hall–Kier alpha value is -2.44. The van der Waals surface area contributed by atoms with Crippen LogP contribution in [-0.2, 0) is 0 Å². The smallest absolute Gasteiger partial charge is 0.231 e. The van der Waals surface area contributed by atoms with E-state index in [1.54, 1.807) is 6.07 Å². The van der Waals surface area contributed by atoms with Gasteiger partial charge < -0.3 is 29.2 Å². The molecular weight excluding hydrogens is 312 g/mol. The first kappa shape index (κ1) is 16.4. The monoisotopic (exact) mass is 332 g/mol. The van der Waals surface area contributed by atoms with Crippen molar-refractivity contribution in [1.29, 1.82) is 0 Å². The molecule has 6 heteroatoms. The fourth-order valence-electron chi connectivity index (χ4n) is 2.83. The van der Waals surface area contributed by atoms with Crippen LogP contribution in [-0.4, -0.2) is 31.2 Å². The van der Waals surface area contributed by atoms with Crippen molar-refractivity contribution in [3.63, 3.8) is 0 Å². The van der Waals surface area contributed by atoms with Crippen molar-refractivity contribution in [2.24, 2.45) is 0 Å². The summed E-state index contributed by atoms with van der Waals surface area (Å²) in [6.07, 6.45) is -1.73. The highest BCUT2D eigenvalue weighted by molar-refractivity contribution is 5.63. The van der Waals surface area contributed by atoms with E-state index in [4.69, 9.17) is 18.9 Å². The summed E-state index contributed by atoms with van der Waals surface area (Å²) in [6.45, 7) is 0.0844. The third-order valence-electron chi connectivity index (χ3n) is 4.01. The molecule has 24 heavy (non-hydrogen) atoms. The van der Waals surface area contributed by atoms with Gasteiger partial charge in [-0.1, -0.05) is 30.3 Å². The molecule has 2 aromatic rings. The van der Waals surface area contributed by atoms with Crippen LogP contribution in [0.3, 0.4) is 0 Å². The summed E-state index contributed by atoms with van der Waals surface area (Å²) < 4.78 is 21.6. The summed E-state index contributed by atoms with van der Waals surface area (Å²) >= 11 is 0. The highest BCUT2D eigenvalue weighted by Gasteiger charge is 2.30. The zero-order valence-electron chi connectivity index (χ0n) is 13.6. The lowest BCUT2D eigenvalue weighted by atomic mass is 9.97. The number of hydrogen-bond acceptors (Lipinski definition) is 6. The molecule has 0 spiro atoms. The van der Waals surface area contributed by atoms with Crippen LogP contribution in [0, 0.1) is 0 Å². The lowest BCUT2D eigenvalue weighted by molar-refractivity contribution is 0.0770. The van der Waals surface area contributed by atoms with Gasteiger partial charge >= 0.3 is 0 Å². The second kappa shape index (κ2) is 6.98. The fourth-order valence-corrected chi connectivity index (χ4v) is 2.83. The zero-order valence-corrected chi connectivity index (χ0v) is 13.6. The Morgan fingerprint density at radius 2 is 1.79 bits per heavy atom. The molecule has 1 aliphatic rings. The average molecular weight is 332 g/mol. The summed E-state index contributed by atoms with van der Waals surface area (Å²) in [6, 6.07) is 10.8. The largest absolute Gasteiger partial charge is 0.496 e. The van der Waals surface area contributed by atoms with Crippen LogP contribution in [0.15, 0.2) is 36.4 Å². The zero-order chi connectivity index (χ0) is 17.1. The van der Waals surface area contributed by atoms with Gasteiger partial charge in [-0.2, -0.15) is 0 Å².